The highest BCUT2D eigenvalue weighted by Gasteiger charge is 2.26. The molecule has 168 valence electrons. The summed E-state index contributed by atoms with van der Waals surface area (Å²) in [6.07, 6.45) is 0. The van der Waals surface area contributed by atoms with Gasteiger partial charge in [0.25, 0.3) is 5.91 Å². The molecule has 0 saturated carbocycles. The number of hydrogen-bond donors (Lipinski definition) is 0. The van der Waals surface area contributed by atoms with E-state index >= 15 is 0 Å². The number of carbonyl (C=O) groups is 1. The summed E-state index contributed by atoms with van der Waals surface area (Å²) in [4.78, 5) is 17.9. The van der Waals surface area contributed by atoms with E-state index < -0.39 is 0 Å². The maximum Gasteiger partial charge on any atom is 0.255 e. The lowest BCUT2D eigenvalue weighted by atomic mass is 10.1. The molecule has 1 amide bonds. The van der Waals surface area contributed by atoms with Crippen LogP contribution in [0.5, 0.6) is 11.5 Å². The normalized spacial score (nSPS) is 14.4. The Labute approximate surface area is 190 Å². The summed E-state index contributed by atoms with van der Waals surface area (Å²) in [5.41, 5.74) is 4.61. The van der Waals surface area contributed by atoms with Gasteiger partial charge in [-0.25, -0.2) is 0 Å². The fourth-order valence-corrected chi connectivity index (χ4v) is 4.32. The third kappa shape index (κ3) is 4.23. The molecule has 6 heteroatoms. The number of amides is 1. The highest BCUT2D eigenvalue weighted by atomic mass is 16.5. The molecule has 0 unspecified atom stereocenters. The molecule has 1 aliphatic heterocycles. The first-order valence-electron chi connectivity index (χ1n) is 11.1. The zero-order valence-electron chi connectivity index (χ0n) is 19.3. The summed E-state index contributed by atoms with van der Waals surface area (Å²) in [6.45, 7) is 8.56. The van der Waals surface area contributed by atoms with Crippen LogP contribution >= 0.6 is 0 Å². The lowest BCUT2D eigenvalue weighted by Gasteiger charge is -2.34. The van der Waals surface area contributed by atoms with E-state index in [4.69, 9.17) is 9.47 Å². The van der Waals surface area contributed by atoms with E-state index in [1.807, 2.05) is 66.4 Å². The van der Waals surface area contributed by atoms with Gasteiger partial charge in [0, 0.05) is 43.6 Å². The van der Waals surface area contributed by atoms with Gasteiger partial charge in [-0.1, -0.05) is 13.0 Å². The highest BCUT2D eigenvalue weighted by molar-refractivity contribution is 5.97. The molecule has 1 aliphatic rings. The standard InChI is InChI=1S/C26H31N3O3/c1-5-27-13-15-28(16-14-27)26(30)24-18-25(20-9-11-22(31-3)12-10-20)29(19(24)2)21-7-6-8-23(17-21)32-4/h6-12,17-18H,5,13-16H2,1-4H3. The van der Waals surface area contributed by atoms with Gasteiger partial charge in [-0.05, 0) is 61.5 Å². The van der Waals surface area contributed by atoms with Crippen LogP contribution in [0.3, 0.4) is 0 Å². The topological polar surface area (TPSA) is 46.9 Å². The zero-order chi connectivity index (χ0) is 22.7. The number of rotatable bonds is 6. The van der Waals surface area contributed by atoms with Crippen LogP contribution in [0.25, 0.3) is 16.9 Å². The highest BCUT2D eigenvalue weighted by Crippen LogP contribution is 2.32. The summed E-state index contributed by atoms with van der Waals surface area (Å²) in [7, 11) is 3.32. The fourth-order valence-electron chi connectivity index (χ4n) is 4.32. The van der Waals surface area contributed by atoms with Crippen molar-refractivity contribution >= 4 is 5.91 Å². The van der Waals surface area contributed by atoms with Crippen molar-refractivity contribution < 1.29 is 14.3 Å². The zero-order valence-corrected chi connectivity index (χ0v) is 19.3. The number of likely N-dealkylation sites (N-methyl/N-ethyl adjacent to an activating group) is 1. The van der Waals surface area contributed by atoms with Gasteiger partial charge in [-0.3, -0.25) is 4.79 Å². The first-order chi connectivity index (χ1) is 15.5. The number of benzene rings is 2. The SMILES string of the molecule is CCN1CCN(C(=O)c2cc(-c3ccc(OC)cc3)n(-c3cccc(OC)c3)c2C)CC1. The van der Waals surface area contributed by atoms with Crippen molar-refractivity contribution in [1.82, 2.24) is 14.4 Å². The van der Waals surface area contributed by atoms with Crippen LogP contribution in [-0.4, -0.2) is 67.2 Å². The molecule has 1 fully saturated rings. The molecule has 4 rings (SSSR count). The molecule has 0 spiro atoms. The lowest BCUT2D eigenvalue weighted by molar-refractivity contribution is 0.0642. The molecule has 0 atom stereocenters. The Hall–Kier alpha value is -3.25. The van der Waals surface area contributed by atoms with Crippen LogP contribution in [0.1, 0.15) is 23.0 Å². The maximum absolute atomic E-state index is 13.5. The predicted octanol–water partition coefficient (Wildman–Crippen LogP) is 4.25. The van der Waals surface area contributed by atoms with Gasteiger partial charge in [-0.15, -0.1) is 0 Å². The van der Waals surface area contributed by atoms with E-state index in [2.05, 4.69) is 16.4 Å². The Morgan fingerprint density at radius 3 is 2.22 bits per heavy atom. The molecule has 6 nitrogen and oxygen atoms in total. The molecule has 0 radical (unpaired) electrons. The van der Waals surface area contributed by atoms with Crippen LogP contribution in [0.4, 0.5) is 0 Å². The summed E-state index contributed by atoms with van der Waals surface area (Å²) < 4.78 is 12.9. The molecule has 2 aromatic carbocycles. The fraction of sp³-hybridized carbons (Fsp3) is 0.346. The van der Waals surface area contributed by atoms with E-state index in [9.17, 15) is 4.79 Å². The second-order valence-corrected chi connectivity index (χ2v) is 8.02. The summed E-state index contributed by atoms with van der Waals surface area (Å²) in [6, 6.07) is 17.9. The molecule has 2 heterocycles. The smallest absolute Gasteiger partial charge is 0.255 e. The van der Waals surface area contributed by atoms with Crippen LogP contribution < -0.4 is 9.47 Å². The predicted molar refractivity (Wildman–Crippen MR) is 127 cm³/mol. The van der Waals surface area contributed by atoms with Gasteiger partial charge in [-0.2, -0.15) is 0 Å². The van der Waals surface area contributed by atoms with E-state index in [0.29, 0.717) is 0 Å². The number of aromatic nitrogens is 1. The van der Waals surface area contributed by atoms with E-state index in [1.54, 1.807) is 14.2 Å². The Balaban J connectivity index is 1.78. The van der Waals surface area contributed by atoms with E-state index in [1.165, 1.54) is 0 Å². The summed E-state index contributed by atoms with van der Waals surface area (Å²) >= 11 is 0. The molecule has 0 aliphatic carbocycles. The number of methoxy groups -OCH3 is 2. The Kier molecular flexibility index (Phi) is 6.51. The molecule has 3 aromatic rings. The minimum atomic E-state index is 0.0923. The molecular weight excluding hydrogens is 402 g/mol. The number of hydrogen-bond acceptors (Lipinski definition) is 4. The van der Waals surface area contributed by atoms with Crippen molar-refractivity contribution in [3.63, 3.8) is 0 Å². The summed E-state index contributed by atoms with van der Waals surface area (Å²) in [5, 5.41) is 0. The molecule has 32 heavy (non-hydrogen) atoms. The van der Waals surface area contributed by atoms with E-state index in [0.717, 1.165) is 72.4 Å². The molecule has 0 N–H and O–H groups in total. The van der Waals surface area contributed by atoms with Crippen molar-refractivity contribution in [2.75, 3.05) is 46.9 Å². The van der Waals surface area contributed by atoms with Gasteiger partial charge in [0.1, 0.15) is 11.5 Å². The second-order valence-electron chi connectivity index (χ2n) is 8.02. The van der Waals surface area contributed by atoms with Crippen LogP contribution in [0.2, 0.25) is 0 Å². The van der Waals surface area contributed by atoms with Crippen molar-refractivity contribution in [1.29, 1.82) is 0 Å². The quantitative estimate of drug-likeness (QED) is 0.583. The molecular formula is C26H31N3O3. The van der Waals surface area contributed by atoms with Crippen molar-refractivity contribution in [2.24, 2.45) is 0 Å². The van der Waals surface area contributed by atoms with Gasteiger partial charge in [0.2, 0.25) is 0 Å². The monoisotopic (exact) mass is 433 g/mol. The van der Waals surface area contributed by atoms with Crippen molar-refractivity contribution in [2.45, 2.75) is 13.8 Å². The third-order valence-electron chi connectivity index (χ3n) is 6.28. The molecule has 1 saturated heterocycles. The average molecular weight is 434 g/mol. The van der Waals surface area contributed by atoms with Crippen molar-refractivity contribution in [3.8, 4) is 28.4 Å². The minimum absolute atomic E-state index is 0.0923. The Morgan fingerprint density at radius 1 is 0.906 bits per heavy atom. The van der Waals surface area contributed by atoms with Crippen LogP contribution in [-0.2, 0) is 0 Å². The lowest BCUT2D eigenvalue weighted by Crippen LogP contribution is -2.48. The molecule has 0 bridgehead atoms. The van der Waals surface area contributed by atoms with Crippen LogP contribution in [0, 0.1) is 6.92 Å². The first kappa shape index (κ1) is 22.0. The van der Waals surface area contributed by atoms with Crippen LogP contribution in [0.15, 0.2) is 54.6 Å². The van der Waals surface area contributed by atoms with Gasteiger partial charge >= 0.3 is 0 Å². The number of carbonyl (C=O) groups excluding carboxylic acids is 1. The maximum atomic E-state index is 13.5. The molecule has 1 aromatic heterocycles. The van der Waals surface area contributed by atoms with Gasteiger partial charge in [0.05, 0.1) is 25.5 Å². The van der Waals surface area contributed by atoms with Gasteiger partial charge in [0.15, 0.2) is 0 Å². The Bertz CT molecular complexity index is 1080. The van der Waals surface area contributed by atoms with Gasteiger partial charge < -0.3 is 23.8 Å². The minimum Gasteiger partial charge on any atom is -0.497 e. The second kappa shape index (κ2) is 9.49. The first-order valence-corrected chi connectivity index (χ1v) is 11.1. The Morgan fingerprint density at radius 2 is 1.59 bits per heavy atom. The van der Waals surface area contributed by atoms with Crippen molar-refractivity contribution in [3.05, 3.63) is 65.9 Å². The largest absolute Gasteiger partial charge is 0.497 e. The third-order valence-corrected chi connectivity index (χ3v) is 6.28. The van der Waals surface area contributed by atoms with E-state index in [-0.39, 0.29) is 5.91 Å². The number of ether oxygens (including phenoxy) is 2. The number of nitrogens with zero attached hydrogens (tertiary/aromatic N) is 3. The average Bonchev–Trinajstić information content (AvgIpc) is 3.20. The number of piperazine rings is 1. The summed E-state index contributed by atoms with van der Waals surface area (Å²) in [5.74, 6) is 1.67.